The van der Waals surface area contributed by atoms with Crippen LogP contribution in [0.15, 0.2) is 6.20 Å². The van der Waals surface area contributed by atoms with Crippen molar-refractivity contribution in [3.05, 3.63) is 17.7 Å². The fraction of sp³-hybridized carbons (Fsp3) is 0.429. The van der Waals surface area contributed by atoms with Gasteiger partial charge < -0.3 is 0 Å². The molecule has 1 rings (SSSR count). The van der Waals surface area contributed by atoms with Crippen LogP contribution in [0.2, 0.25) is 0 Å². The van der Waals surface area contributed by atoms with Gasteiger partial charge >= 0.3 is 0 Å². The summed E-state index contributed by atoms with van der Waals surface area (Å²) in [5.41, 5.74) is 0.895. The first-order valence-corrected chi connectivity index (χ1v) is 3.27. The highest BCUT2D eigenvalue weighted by atomic mass is 16.1. The molecule has 0 aromatic carbocycles. The van der Waals surface area contributed by atoms with Crippen LogP contribution in [0.3, 0.4) is 0 Å². The molecule has 0 atom stereocenters. The van der Waals surface area contributed by atoms with Crippen molar-refractivity contribution < 1.29 is 4.79 Å². The molecule has 0 aliphatic rings. The highest BCUT2D eigenvalue weighted by molar-refractivity contribution is 5.54. The van der Waals surface area contributed by atoms with Crippen LogP contribution in [-0.4, -0.2) is 16.0 Å². The standard InChI is InChI=1S/C7H10N2O/c1-3-7-8-4-6(2)9(7)5-10/h4-5H,3H2,1-2H3. The molecule has 3 heteroatoms. The second-order valence-corrected chi connectivity index (χ2v) is 2.14. The highest BCUT2D eigenvalue weighted by Gasteiger charge is 2.01. The predicted molar refractivity (Wildman–Crippen MR) is 38.5 cm³/mol. The maximum atomic E-state index is 10.4. The smallest absolute Gasteiger partial charge is 0.219 e. The van der Waals surface area contributed by atoms with E-state index in [0.717, 1.165) is 24.3 Å². The van der Waals surface area contributed by atoms with Gasteiger partial charge in [0, 0.05) is 18.3 Å². The van der Waals surface area contributed by atoms with E-state index in [1.165, 1.54) is 0 Å². The Bertz CT molecular complexity index is 240. The van der Waals surface area contributed by atoms with E-state index in [1.807, 2.05) is 13.8 Å². The number of aromatic nitrogens is 2. The van der Waals surface area contributed by atoms with Crippen LogP contribution in [0.25, 0.3) is 0 Å². The topological polar surface area (TPSA) is 34.9 Å². The summed E-state index contributed by atoms with van der Waals surface area (Å²) >= 11 is 0. The van der Waals surface area contributed by atoms with Crippen molar-refractivity contribution in [1.29, 1.82) is 0 Å². The minimum Gasteiger partial charge on any atom is -0.278 e. The van der Waals surface area contributed by atoms with Crippen LogP contribution in [-0.2, 0) is 11.2 Å². The van der Waals surface area contributed by atoms with Gasteiger partial charge in [-0.2, -0.15) is 0 Å². The van der Waals surface area contributed by atoms with E-state index in [4.69, 9.17) is 0 Å². The van der Waals surface area contributed by atoms with Crippen LogP contribution >= 0.6 is 0 Å². The largest absolute Gasteiger partial charge is 0.278 e. The number of hydrogen-bond acceptors (Lipinski definition) is 2. The molecule has 0 aliphatic carbocycles. The second-order valence-electron chi connectivity index (χ2n) is 2.14. The number of carbonyl (C=O) groups is 1. The molecule has 54 valence electrons. The van der Waals surface area contributed by atoms with E-state index in [2.05, 4.69) is 4.98 Å². The Balaban J connectivity index is 3.12. The zero-order valence-corrected chi connectivity index (χ0v) is 6.16. The molecule has 0 bridgehead atoms. The van der Waals surface area contributed by atoms with Gasteiger partial charge in [-0.1, -0.05) is 6.92 Å². The van der Waals surface area contributed by atoms with Gasteiger partial charge in [0.05, 0.1) is 0 Å². The van der Waals surface area contributed by atoms with E-state index in [-0.39, 0.29) is 0 Å². The van der Waals surface area contributed by atoms with Crippen molar-refractivity contribution in [1.82, 2.24) is 9.55 Å². The summed E-state index contributed by atoms with van der Waals surface area (Å²) in [4.78, 5) is 14.4. The first-order valence-electron chi connectivity index (χ1n) is 3.27. The molecule has 0 aliphatic heterocycles. The molecule has 0 radical (unpaired) electrons. The molecule has 0 amide bonds. The Morgan fingerprint density at radius 1 is 1.80 bits per heavy atom. The average Bonchev–Trinajstić information content (AvgIpc) is 2.30. The predicted octanol–water partition coefficient (Wildman–Crippen LogP) is 0.792. The normalized spacial score (nSPS) is 9.80. The maximum absolute atomic E-state index is 10.4. The number of nitrogens with zero attached hydrogens (tertiary/aromatic N) is 2. The zero-order chi connectivity index (χ0) is 7.56. The number of carbonyl (C=O) groups excluding carboxylic acids is 1. The summed E-state index contributed by atoms with van der Waals surface area (Å²) in [5, 5.41) is 0. The van der Waals surface area contributed by atoms with Crippen LogP contribution in [0.5, 0.6) is 0 Å². The monoisotopic (exact) mass is 138 g/mol. The Labute approximate surface area is 59.7 Å². The van der Waals surface area contributed by atoms with Gasteiger partial charge in [-0.3, -0.25) is 9.36 Å². The molecule has 0 N–H and O–H groups in total. The molecular weight excluding hydrogens is 128 g/mol. The quantitative estimate of drug-likeness (QED) is 0.566. The molecule has 10 heavy (non-hydrogen) atoms. The van der Waals surface area contributed by atoms with Gasteiger partial charge in [0.2, 0.25) is 6.41 Å². The van der Waals surface area contributed by atoms with Gasteiger partial charge in [-0.05, 0) is 6.92 Å². The molecular formula is C7H10N2O. The van der Waals surface area contributed by atoms with Crippen LogP contribution in [0.1, 0.15) is 18.4 Å². The lowest BCUT2D eigenvalue weighted by molar-refractivity contribution is 0.543. The third-order valence-corrected chi connectivity index (χ3v) is 1.48. The second kappa shape index (κ2) is 2.64. The summed E-state index contributed by atoms with van der Waals surface area (Å²) in [5.74, 6) is 0.826. The van der Waals surface area contributed by atoms with Gasteiger partial charge in [-0.15, -0.1) is 0 Å². The van der Waals surface area contributed by atoms with Crippen molar-refractivity contribution in [3.8, 4) is 0 Å². The Hall–Kier alpha value is -1.12. The van der Waals surface area contributed by atoms with E-state index in [0.29, 0.717) is 0 Å². The van der Waals surface area contributed by atoms with Crippen molar-refractivity contribution in [3.63, 3.8) is 0 Å². The van der Waals surface area contributed by atoms with Gasteiger partial charge in [0.25, 0.3) is 0 Å². The zero-order valence-electron chi connectivity index (χ0n) is 6.16. The van der Waals surface area contributed by atoms with E-state index in [9.17, 15) is 4.79 Å². The Morgan fingerprint density at radius 3 is 2.90 bits per heavy atom. The third-order valence-electron chi connectivity index (χ3n) is 1.48. The Morgan fingerprint density at radius 2 is 2.50 bits per heavy atom. The first-order chi connectivity index (χ1) is 4.79. The summed E-state index contributed by atoms with van der Waals surface area (Å²) in [6.07, 6.45) is 3.29. The van der Waals surface area contributed by atoms with E-state index >= 15 is 0 Å². The summed E-state index contributed by atoms with van der Waals surface area (Å²) in [6.45, 7) is 3.84. The summed E-state index contributed by atoms with van der Waals surface area (Å²) in [7, 11) is 0. The Kier molecular flexibility index (Phi) is 1.85. The molecule has 0 saturated heterocycles. The number of imidazole rings is 1. The van der Waals surface area contributed by atoms with E-state index < -0.39 is 0 Å². The molecule has 1 aromatic rings. The van der Waals surface area contributed by atoms with Crippen molar-refractivity contribution in [2.24, 2.45) is 0 Å². The minimum atomic E-state index is 0.793. The third kappa shape index (κ3) is 0.943. The summed E-state index contributed by atoms with van der Waals surface area (Å²) in [6, 6.07) is 0. The molecule has 3 nitrogen and oxygen atoms in total. The SMILES string of the molecule is CCc1ncc(C)n1C=O. The number of aryl methyl sites for hydroxylation is 2. The van der Waals surface area contributed by atoms with Gasteiger partial charge in [0.15, 0.2) is 0 Å². The van der Waals surface area contributed by atoms with Crippen molar-refractivity contribution in [2.75, 3.05) is 0 Å². The lowest BCUT2D eigenvalue weighted by atomic mass is 10.4. The molecule has 0 spiro atoms. The van der Waals surface area contributed by atoms with Gasteiger partial charge in [0.1, 0.15) is 5.82 Å². The van der Waals surface area contributed by atoms with Crippen molar-refractivity contribution >= 4 is 6.41 Å². The minimum absolute atomic E-state index is 0.793. The lowest BCUT2D eigenvalue weighted by Crippen LogP contribution is -2.02. The van der Waals surface area contributed by atoms with E-state index in [1.54, 1.807) is 10.8 Å². The number of rotatable bonds is 2. The lowest BCUT2D eigenvalue weighted by Gasteiger charge is -1.95. The number of hydrogen-bond donors (Lipinski definition) is 0. The van der Waals surface area contributed by atoms with Gasteiger partial charge in [-0.25, -0.2) is 4.98 Å². The molecule has 0 saturated carbocycles. The fourth-order valence-electron chi connectivity index (χ4n) is 0.902. The maximum Gasteiger partial charge on any atom is 0.219 e. The van der Waals surface area contributed by atoms with Crippen LogP contribution < -0.4 is 0 Å². The van der Waals surface area contributed by atoms with Crippen LogP contribution in [0, 0.1) is 6.92 Å². The molecule has 0 unspecified atom stereocenters. The van der Waals surface area contributed by atoms with Crippen LogP contribution in [0.4, 0.5) is 0 Å². The molecule has 1 aromatic heterocycles. The fourth-order valence-corrected chi connectivity index (χ4v) is 0.902. The first kappa shape index (κ1) is 6.99. The molecule has 0 fully saturated rings. The highest BCUT2D eigenvalue weighted by Crippen LogP contribution is 2.00. The van der Waals surface area contributed by atoms with Crippen molar-refractivity contribution in [2.45, 2.75) is 20.3 Å². The average molecular weight is 138 g/mol. The molecule has 1 heterocycles. The summed E-state index contributed by atoms with van der Waals surface area (Å²) < 4.78 is 1.56.